The van der Waals surface area contributed by atoms with Crippen molar-refractivity contribution in [1.82, 2.24) is 19.6 Å². The maximum absolute atomic E-state index is 13.2. The first-order valence-electron chi connectivity index (χ1n) is 11.1. The third kappa shape index (κ3) is 3.47. The highest BCUT2D eigenvalue weighted by atomic mass is 16.2. The van der Waals surface area contributed by atoms with Crippen molar-refractivity contribution in [3.05, 3.63) is 53.9 Å². The molecule has 2 atom stereocenters. The van der Waals surface area contributed by atoms with Gasteiger partial charge in [-0.2, -0.15) is 5.10 Å². The largest absolute Gasteiger partial charge is 0.369 e. The third-order valence-electron chi connectivity index (χ3n) is 7.48. The van der Waals surface area contributed by atoms with Gasteiger partial charge in [0.25, 0.3) is 5.91 Å². The highest BCUT2D eigenvalue weighted by molar-refractivity contribution is 5.95. The number of benzene rings is 1. The zero-order valence-electron chi connectivity index (χ0n) is 18.5. The van der Waals surface area contributed by atoms with Gasteiger partial charge in [-0.3, -0.25) is 19.1 Å². The van der Waals surface area contributed by atoms with Gasteiger partial charge in [0, 0.05) is 43.7 Å². The Kier molecular flexibility index (Phi) is 4.65. The van der Waals surface area contributed by atoms with Crippen LogP contribution in [-0.2, 0) is 16.1 Å². The number of hydrogen-bond donors (Lipinski definition) is 1. The molecule has 2 saturated heterocycles. The topological polar surface area (TPSA) is 102 Å². The minimum Gasteiger partial charge on any atom is -0.369 e. The normalized spacial score (nSPS) is 24.9. The lowest BCUT2D eigenvalue weighted by molar-refractivity contribution is -0.150. The molecule has 2 aliphatic heterocycles. The molecule has 8 heteroatoms. The molecule has 32 heavy (non-hydrogen) atoms. The molecule has 0 radical (unpaired) electrons. The van der Waals surface area contributed by atoms with Crippen LogP contribution in [0, 0.1) is 22.7 Å². The van der Waals surface area contributed by atoms with Gasteiger partial charge in [-0.05, 0) is 17.4 Å². The SMILES string of the molecule is CC1(C)C[C@@H]1C(=O)N1CC2(CN(C(=O)c3cnn(Cc4ccccc4)c3)C[C@H]2C(N)=O)C1. The van der Waals surface area contributed by atoms with E-state index in [2.05, 4.69) is 18.9 Å². The second kappa shape index (κ2) is 7.18. The number of likely N-dealkylation sites (tertiary alicyclic amines) is 2. The van der Waals surface area contributed by atoms with Crippen LogP contribution in [0.2, 0.25) is 0 Å². The summed E-state index contributed by atoms with van der Waals surface area (Å²) >= 11 is 0. The Bertz CT molecular complexity index is 1070. The number of primary amides is 1. The fraction of sp³-hybridized carbons (Fsp3) is 0.500. The molecule has 8 nitrogen and oxygen atoms in total. The number of carbonyl (C=O) groups excluding carboxylic acids is 3. The summed E-state index contributed by atoms with van der Waals surface area (Å²) < 4.78 is 1.74. The molecule has 2 aromatic rings. The molecule has 1 aromatic carbocycles. The number of amides is 3. The molecule has 1 aliphatic carbocycles. The fourth-order valence-corrected chi connectivity index (χ4v) is 5.33. The number of hydrogen-bond acceptors (Lipinski definition) is 4. The monoisotopic (exact) mass is 435 g/mol. The number of carbonyl (C=O) groups is 3. The fourth-order valence-electron chi connectivity index (χ4n) is 5.33. The quantitative estimate of drug-likeness (QED) is 0.766. The first kappa shape index (κ1) is 20.7. The summed E-state index contributed by atoms with van der Waals surface area (Å²) in [5.74, 6) is -0.765. The van der Waals surface area contributed by atoms with Gasteiger partial charge in [-0.1, -0.05) is 44.2 Å². The van der Waals surface area contributed by atoms with Crippen LogP contribution >= 0.6 is 0 Å². The van der Waals surface area contributed by atoms with Gasteiger partial charge in [0.2, 0.25) is 11.8 Å². The van der Waals surface area contributed by atoms with Crippen molar-refractivity contribution in [2.45, 2.75) is 26.8 Å². The van der Waals surface area contributed by atoms with Crippen molar-refractivity contribution in [2.24, 2.45) is 28.4 Å². The molecule has 1 spiro atoms. The minimum absolute atomic E-state index is 0.0699. The number of aromatic nitrogens is 2. The molecule has 3 fully saturated rings. The maximum atomic E-state index is 13.2. The number of nitrogens with two attached hydrogens (primary N) is 1. The average Bonchev–Trinajstić information content (AvgIpc) is 3.10. The Labute approximate surface area is 187 Å². The van der Waals surface area contributed by atoms with Gasteiger partial charge in [0.1, 0.15) is 0 Å². The summed E-state index contributed by atoms with van der Waals surface area (Å²) in [7, 11) is 0. The van der Waals surface area contributed by atoms with Crippen LogP contribution in [0.25, 0.3) is 0 Å². The van der Waals surface area contributed by atoms with Crippen LogP contribution < -0.4 is 5.73 Å². The predicted molar refractivity (Wildman–Crippen MR) is 117 cm³/mol. The predicted octanol–water partition coefficient (Wildman–Crippen LogP) is 1.36. The summed E-state index contributed by atoms with van der Waals surface area (Å²) in [6.45, 7) is 6.48. The van der Waals surface area contributed by atoms with E-state index in [1.807, 2.05) is 35.2 Å². The lowest BCUT2D eigenvalue weighted by Crippen LogP contribution is -2.64. The average molecular weight is 436 g/mol. The van der Waals surface area contributed by atoms with Gasteiger partial charge < -0.3 is 15.5 Å². The van der Waals surface area contributed by atoms with Gasteiger partial charge in [-0.25, -0.2) is 0 Å². The van der Waals surface area contributed by atoms with E-state index in [1.165, 1.54) is 0 Å². The molecule has 2 N–H and O–H groups in total. The Balaban J connectivity index is 1.26. The van der Waals surface area contributed by atoms with E-state index >= 15 is 0 Å². The smallest absolute Gasteiger partial charge is 0.257 e. The summed E-state index contributed by atoms with van der Waals surface area (Å²) in [5, 5.41) is 4.33. The molecule has 1 aromatic heterocycles. The van der Waals surface area contributed by atoms with Gasteiger partial charge in [0.05, 0.1) is 24.2 Å². The first-order chi connectivity index (χ1) is 15.2. The summed E-state index contributed by atoms with van der Waals surface area (Å²) in [4.78, 5) is 41.6. The van der Waals surface area contributed by atoms with Gasteiger partial charge in [-0.15, -0.1) is 0 Å². The Morgan fingerprint density at radius 1 is 1.06 bits per heavy atom. The van der Waals surface area contributed by atoms with Crippen molar-refractivity contribution in [3.63, 3.8) is 0 Å². The summed E-state index contributed by atoms with van der Waals surface area (Å²) in [6.07, 6.45) is 4.22. The zero-order chi connectivity index (χ0) is 22.7. The van der Waals surface area contributed by atoms with Crippen LogP contribution in [0.1, 0.15) is 36.2 Å². The summed E-state index contributed by atoms with van der Waals surface area (Å²) in [6, 6.07) is 9.92. The Morgan fingerprint density at radius 3 is 2.34 bits per heavy atom. The molecule has 5 rings (SSSR count). The Morgan fingerprint density at radius 2 is 1.72 bits per heavy atom. The van der Waals surface area contributed by atoms with Crippen molar-refractivity contribution in [3.8, 4) is 0 Å². The molecule has 1 saturated carbocycles. The summed E-state index contributed by atoms with van der Waals surface area (Å²) in [5.41, 5.74) is 6.94. The van der Waals surface area contributed by atoms with Crippen molar-refractivity contribution in [1.29, 1.82) is 0 Å². The molecule has 3 aliphatic rings. The third-order valence-corrected chi connectivity index (χ3v) is 7.48. The van der Waals surface area contributed by atoms with E-state index in [0.717, 1.165) is 12.0 Å². The van der Waals surface area contributed by atoms with E-state index in [0.29, 0.717) is 31.7 Å². The molecular weight excluding hydrogens is 406 g/mol. The van der Waals surface area contributed by atoms with Crippen LogP contribution in [0.4, 0.5) is 0 Å². The van der Waals surface area contributed by atoms with Crippen molar-refractivity contribution in [2.75, 3.05) is 26.2 Å². The Hall–Kier alpha value is -3.16. The number of nitrogens with zero attached hydrogens (tertiary/aromatic N) is 4. The maximum Gasteiger partial charge on any atom is 0.257 e. The highest BCUT2D eigenvalue weighted by Gasteiger charge is 2.61. The van der Waals surface area contributed by atoms with E-state index in [1.54, 1.807) is 22.0 Å². The van der Waals surface area contributed by atoms with E-state index in [9.17, 15) is 14.4 Å². The van der Waals surface area contributed by atoms with Crippen LogP contribution in [0.3, 0.4) is 0 Å². The van der Waals surface area contributed by atoms with Crippen LogP contribution in [0.5, 0.6) is 0 Å². The van der Waals surface area contributed by atoms with Gasteiger partial charge >= 0.3 is 0 Å². The zero-order valence-corrected chi connectivity index (χ0v) is 18.5. The van der Waals surface area contributed by atoms with Crippen LogP contribution in [0.15, 0.2) is 42.7 Å². The standard InChI is InChI=1S/C24H29N5O3/c1-23(2)8-18(23)22(32)28-14-24(15-28)13-27(12-19(24)20(25)30)21(31)17-9-26-29(11-17)10-16-6-4-3-5-7-16/h3-7,9,11,18-19H,8,10,12-15H2,1-2H3,(H2,25,30)/t18-,19+/m1/s1. The lowest BCUT2D eigenvalue weighted by atomic mass is 9.71. The molecular formula is C24H29N5O3. The molecule has 3 amide bonds. The second-order valence-electron chi connectivity index (χ2n) is 10.4. The molecule has 3 heterocycles. The van der Waals surface area contributed by atoms with Gasteiger partial charge in [0.15, 0.2) is 0 Å². The van der Waals surface area contributed by atoms with Crippen LogP contribution in [-0.4, -0.2) is 63.5 Å². The highest BCUT2D eigenvalue weighted by Crippen LogP contribution is 2.54. The first-order valence-corrected chi connectivity index (χ1v) is 11.1. The molecule has 0 unspecified atom stereocenters. The molecule has 168 valence electrons. The van der Waals surface area contributed by atoms with E-state index < -0.39 is 17.2 Å². The van der Waals surface area contributed by atoms with E-state index in [4.69, 9.17) is 5.73 Å². The number of rotatable bonds is 5. The second-order valence-corrected chi connectivity index (χ2v) is 10.4. The van der Waals surface area contributed by atoms with Crippen molar-refractivity contribution < 1.29 is 14.4 Å². The van der Waals surface area contributed by atoms with E-state index in [-0.39, 0.29) is 29.7 Å². The molecule has 0 bridgehead atoms. The lowest BCUT2D eigenvalue weighted by Gasteiger charge is -2.50. The van der Waals surface area contributed by atoms with Crippen molar-refractivity contribution >= 4 is 17.7 Å². The minimum atomic E-state index is -0.443.